The molecular formula is C14H22N2O3. The molecule has 106 valence electrons. The molecule has 19 heavy (non-hydrogen) atoms. The van der Waals surface area contributed by atoms with Crippen LogP contribution in [0.2, 0.25) is 0 Å². The number of benzene rings is 1. The highest BCUT2D eigenvalue weighted by molar-refractivity contribution is 5.77. The maximum absolute atomic E-state index is 11.1. The third kappa shape index (κ3) is 6.91. The summed E-state index contributed by atoms with van der Waals surface area (Å²) in [5, 5.41) is 0. The summed E-state index contributed by atoms with van der Waals surface area (Å²) >= 11 is 0. The monoisotopic (exact) mass is 266 g/mol. The van der Waals surface area contributed by atoms with E-state index < -0.39 is 0 Å². The van der Waals surface area contributed by atoms with Crippen LogP contribution < -0.4 is 11.3 Å². The molecule has 0 spiro atoms. The van der Waals surface area contributed by atoms with E-state index in [0.29, 0.717) is 26.2 Å². The van der Waals surface area contributed by atoms with Crippen LogP contribution in [0.1, 0.15) is 25.0 Å². The van der Waals surface area contributed by atoms with E-state index in [4.69, 9.17) is 15.3 Å². The third-order valence-corrected chi connectivity index (χ3v) is 2.50. The minimum atomic E-state index is -0.199. The lowest BCUT2D eigenvalue weighted by molar-refractivity contribution is -0.120. The second kappa shape index (κ2) is 8.63. The quantitative estimate of drug-likeness (QED) is 0.320. The van der Waals surface area contributed by atoms with E-state index in [9.17, 15) is 4.79 Å². The van der Waals surface area contributed by atoms with Gasteiger partial charge >= 0.3 is 0 Å². The van der Waals surface area contributed by atoms with Crippen LogP contribution in [0.3, 0.4) is 0 Å². The van der Waals surface area contributed by atoms with Gasteiger partial charge in [-0.2, -0.15) is 0 Å². The van der Waals surface area contributed by atoms with E-state index in [2.05, 4.69) is 5.43 Å². The Hall–Kier alpha value is -1.43. The SMILES string of the molecule is CC(C)OCCOCc1ccc(CC(=O)NN)cc1. The fourth-order valence-electron chi connectivity index (χ4n) is 1.52. The summed E-state index contributed by atoms with van der Waals surface area (Å²) in [6, 6.07) is 7.70. The molecule has 1 aromatic rings. The zero-order valence-electron chi connectivity index (χ0n) is 11.5. The van der Waals surface area contributed by atoms with E-state index in [0.717, 1.165) is 11.1 Å². The molecule has 0 saturated heterocycles. The molecule has 0 aliphatic carbocycles. The summed E-state index contributed by atoms with van der Waals surface area (Å²) in [4.78, 5) is 11.1. The van der Waals surface area contributed by atoms with Crippen LogP contribution in [-0.4, -0.2) is 25.2 Å². The number of hydrogen-bond donors (Lipinski definition) is 2. The van der Waals surface area contributed by atoms with Crippen molar-refractivity contribution in [1.29, 1.82) is 0 Å². The Morgan fingerprint density at radius 1 is 1.21 bits per heavy atom. The van der Waals surface area contributed by atoms with E-state index in [1.165, 1.54) is 0 Å². The fourth-order valence-corrected chi connectivity index (χ4v) is 1.52. The van der Waals surface area contributed by atoms with Crippen molar-refractivity contribution in [2.24, 2.45) is 5.84 Å². The molecule has 5 heteroatoms. The maximum atomic E-state index is 11.1. The molecule has 5 nitrogen and oxygen atoms in total. The minimum absolute atomic E-state index is 0.199. The van der Waals surface area contributed by atoms with Gasteiger partial charge in [0.2, 0.25) is 5.91 Å². The molecule has 0 heterocycles. The van der Waals surface area contributed by atoms with Gasteiger partial charge in [0.05, 0.1) is 32.3 Å². The van der Waals surface area contributed by atoms with Crippen LogP contribution in [0.25, 0.3) is 0 Å². The van der Waals surface area contributed by atoms with E-state index in [-0.39, 0.29) is 12.0 Å². The van der Waals surface area contributed by atoms with Gasteiger partial charge in [-0.1, -0.05) is 24.3 Å². The second-order valence-electron chi connectivity index (χ2n) is 4.53. The summed E-state index contributed by atoms with van der Waals surface area (Å²) in [7, 11) is 0. The maximum Gasteiger partial charge on any atom is 0.238 e. The molecular weight excluding hydrogens is 244 g/mol. The number of ether oxygens (including phenoxy) is 2. The van der Waals surface area contributed by atoms with Crippen molar-refractivity contribution in [3.8, 4) is 0 Å². The van der Waals surface area contributed by atoms with E-state index in [1.807, 2.05) is 38.1 Å². The predicted octanol–water partition coefficient (Wildman–Crippen LogP) is 1.16. The Morgan fingerprint density at radius 3 is 2.42 bits per heavy atom. The predicted molar refractivity (Wildman–Crippen MR) is 73.2 cm³/mol. The normalized spacial score (nSPS) is 10.7. The Labute approximate surface area is 114 Å². The molecule has 1 amide bonds. The highest BCUT2D eigenvalue weighted by atomic mass is 16.5. The van der Waals surface area contributed by atoms with Crippen LogP contribution in [0.15, 0.2) is 24.3 Å². The number of rotatable bonds is 8. The van der Waals surface area contributed by atoms with E-state index in [1.54, 1.807) is 0 Å². The van der Waals surface area contributed by atoms with Gasteiger partial charge in [0.1, 0.15) is 0 Å². The molecule has 3 N–H and O–H groups in total. The van der Waals surface area contributed by atoms with Crippen LogP contribution in [-0.2, 0) is 27.3 Å². The lowest BCUT2D eigenvalue weighted by Crippen LogP contribution is -2.31. The average Bonchev–Trinajstić information content (AvgIpc) is 2.39. The first kappa shape index (κ1) is 15.6. The minimum Gasteiger partial charge on any atom is -0.376 e. The molecule has 1 aromatic carbocycles. The number of carbonyl (C=O) groups is 1. The summed E-state index contributed by atoms with van der Waals surface area (Å²) < 4.78 is 10.9. The largest absolute Gasteiger partial charge is 0.376 e. The highest BCUT2D eigenvalue weighted by Crippen LogP contribution is 2.06. The van der Waals surface area contributed by atoms with Crippen molar-refractivity contribution in [3.05, 3.63) is 35.4 Å². The van der Waals surface area contributed by atoms with Crippen molar-refractivity contribution >= 4 is 5.91 Å². The Kier molecular flexibility index (Phi) is 7.10. The Bertz CT molecular complexity index is 377. The first-order valence-electron chi connectivity index (χ1n) is 6.38. The Balaban J connectivity index is 2.26. The lowest BCUT2D eigenvalue weighted by Gasteiger charge is -2.08. The lowest BCUT2D eigenvalue weighted by atomic mass is 10.1. The van der Waals surface area contributed by atoms with Crippen molar-refractivity contribution in [3.63, 3.8) is 0 Å². The van der Waals surface area contributed by atoms with Gasteiger partial charge in [-0.25, -0.2) is 5.84 Å². The van der Waals surface area contributed by atoms with Crippen LogP contribution >= 0.6 is 0 Å². The van der Waals surface area contributed by atoms with Crippen molar-refractivity contribution in [2.75, 3.05) is 13.2 Å². The zero-order valence-corrected chi connectivity index (χ0v) is 11.5. The summed E-state index contributed by atoms with van der Waals surface area (Å²) in [6.07, 6.45) is 0.524. The number of hydrazine groups is 1. The van der Waals surface area contributed by atoms with Gasteiger partial charge in [0, 0.05) is 0 Å². The van der Waals surface area contributed by atoms with Gasteiger partial charge in [0.15, 0.2) is 0 Å². The molecule has 0 aromatic heterocycles. The van der Waals surface area contributed by atoms with Gasteiger partial charge in [-0.3, -0.25) is 10.2 Å². The van der Waals surface area contributed by atoms with Gasteiger partial charge in [-0.05, 0) is 25.0 Å². The van der Waals surface area contributed by atoms with Crippen LogP contribution in [0, 0.1) is 0 Å². The standard InChI is InChI=1S/C14H22N2O3/c1-11(2)19-8-7-18-10-13-5-3-12(4-6-13)9-14(17)16-15/h3-6,11H,7-10,15H2,1-2H3,(H,16,17). The van der Waals surface area contributed by atoms with Crippen molar-refractivity contribution < 1.29 is 14.3 Å². The smallest absolute Gasteiger partial charge is 0.238 e. The zero-order chi connectivity index (χ0) is 14.1. The molecule has 0 aliphatic heterocycles. The summed E-state index contributed by atoms with van der Waals surface area (Å²) in [6.45, 7) is 5.72. The second-order valence-corrected chi connectivity index (χ2v) is 4.53. The molecule has 0 bridgehead atoms. The fraction of sp³-hybridized carbons (Fsp3) is 0.500. The highest BCUT2D eigenvalue weighted by Gasteiger charge is 2.01. The third-order valence-electron chi connectivity index (χ3n) is 2.50. The number of amides is 1. The summed E-state index contributed by atoms with van der Waals surface area (Å²) in [5.74, 6) is 4.83. The van der Waals surface area contributed by atoms with Gasteiger partial charge < -0.3 is 9.47 Å². The van der Waals surface area contributed by atoms with Gasteiger partial charge in [0.25, 0.3) is 0 Å². The number of nitrogens with two attached hydrogens (primary N) is 1. The van der Waals surface area contributed by atoms with Gasteiger partial charge in [-0.15, -0.1) is 0 Å². The van der Waals surface area contributed by atoms with Crippen LogP contribution in [0.4, 0.5) is 0 Å². The first-order valence-corrected chi connectivity index (χ1v) is 6.38. The first-order chi connectivity index (χ1) is 9.11. The molecule has 0 radical (unpaired) electrons. The molecule has 0 aliphatic rings. The van der Waals surface area contributed by atoms with E-state index >= 15 is 0 Å². The Morgan fingerprint density at radius 2 is 1.84 bits per heavy atom. The molecule has 0 atom stereocenters. The number of carbonyl (C=O) groups excluding carboxylic acids is 1. The van der Waals surface area contributed by atoms with Crippen molar-refractivity contribution in [1.82, 2.24) is 5.43 Å². The average molecular weight is 266 g/mol. The molecule has 1 rings (SSSR count). The van der Waals surface area contributed by atoms with Crippen LogP contribution in [0.5, 0.6) is 0 Å². The number of hydrogen-bond acceptors (Lipinski definition) is 4. The molecule has 0 saturated carbocycles. The summed E-state index contributed by atoms with van der Waals surface area (Å²) in [5.41, 5.74) is 4.10. The molecule has 0 fully saturated rings. The topological polar surface area (TPSA) is 73.6 Å². The number of nitrogens with one attached hydrogen (secondary N) is 1. The molecule has 0 unspecified atom stereocenters. The van der Waals surface area contributed by atoms with Crippen molar-refractivity contribution in [2.45, 2.75) is 33.0 Å².